The molecule has 0 amide bonds. The van der Waals surface area contributed by atoms with Crippen molar-refractivity contribution in [2.45, 2.75) is 17.3 Å². The number of carbonyl (C=O) groups is 1. The van der Waals surface area contributed by atoms with Crippen molar-refractivity contribution in [3.63, 3.8) is 0 Å². The second-order valence-electron chi connectivity index (χ2n) is 4.06. The predicted octanol–water partition coefficient (Wildman–Crippen LogP) is 3.17. The second kappa shape index (κ2) is 6.41. The van der Waals surface area contributed by atoms with Crippen LogP contribution in [-0.4, -0.2) is 16.2 Å². The average molecular weight is 274 g/mol. The van der Waals surface area contributed by atoms with Crippen molar-refractivity contribution in [3.8, 4) is 0 Å². The van der Waals surface area contributed by atoms with E-state index in [4.69, 9.17) is 10.2 Å². The summed E-state index contributed by atoms with van der Waals surface area (Å²) in [5, 5.41) is 18.2. The first-order chi connectivity index (χ1) is 9.20. The summed E-state index contributed by atoms with van der Waals surface area (Å²) < 4.78 is 0. The summed E-state index contributed by atoms with van der Waals surface area (Å²) in [5.74, 6) is -0.308. The Morgan fingerprint density at radius 1 is 1.11 bits per heavy atom. The Morgan fingerprint density at radius 3 is 2.63 bits per heavy atom. The zero-order valence-corrected chi connectivity index (χ0v) is 11.1. The van der Waals surface area contributed by atoms with Gasteiger partial charge in [-0.15, -0.1) is 11.8 Å². The Hall–Kier alpha value is -1.78. The van der Waals surface area contributed by atoms with Crippen LogP contribution in [0.2, 0.25) is 0 Å². The molecule has 0 atom stereocenters. The van der Waals surface area contributed by atoms with Crippen molar-refractivity contribution in [1.29, 1.82) is 0 Å². The number of aliphatic hydroxyl groups is 1. The quantitative estimate of drug-likeness (QED) is 0.822. The second-order valence-corrected chi connectivity index (χ2v) is 5.11. The smallest absolute Gasteiger partial charge is 0.335 e. The molecule has 3 nitrogen and oxygen atoms in total. The summed E-state index contributed by atoms with van der Waals surface area (Å²) in [6, 6.07) is 14.6. The monoisotopic (exact) mass is 274 g/mol. The molecule has 0 bridgehead atoms. The molecule has 2 N–H and O–H groups in total. The van der Waals surface area contributed by atoms with Crippen LogP contribution in [0.3, 0.4) is 0 Å². The highest BCUT2D eigenvalue weighted by atomic mass is 32.2. The maximum atomic E-state index is 11.1. The van der Waals surface area contributed by atoms with Gasteiger partial charge >= 0.3 is 5.97 Å². The third-order valence-corrected chi connectivity index (χ3v) is 3.77. The van der Waals surface area contributed by atoms with Crippen molar-refractivity contribution in [2.75, 3.05) is 0 Å². The molecule has 2 aromatic carbocycles. The Morgan fingerprint density at radius 2 is 1.89 bits per heavy atom. The fourth-order valence-electron chi connectivity index (χ4n) is 1.75. The molecule has 2 aromatic rings. The van der Waals surface area contributed by atoms with E-state index in [0.717, 1.165) is 16.0 Å². The Bertz CT molecular complexity index is 581. The molecule has 19 heavy (non-hydrogen) atoms. The summed E-state index contributed by atoms with van der Waals surface area (Å²) >= 11 is 1.56. The van der Waals surface area contributed by atoms with Gasteiger partial charge in [-0.3, -0.25) is 0 Å². The van der Waals surface area contributed by atoms with Crippen molar-refractivity contribution in [2.24, 2.45) is 0 Å². The van der Waals surface area contributed by atoms with E-state index in [1.54, 1.807) is 23.9 Å². The van der Waals surface area contributed by atoms with Gasteiger partial charge in [-0.2, -0.15) is 0 Å². The van der Waals surface area contributed by atoms with Crippen molar-refractivity contribution in [1.82, 2.24) is 0 Å². The molecule has 0 radical (unpaired) electrons. The van der Waals surface area contributed by atoms with Gasteiger partial charge in [-0.05, 0) is 29.3 Å². The molecule has 98 valence electrons. The van der Waals surface area contributed by atoms with Crippen LogP contribution in [-0.2, 0) is 12.4 Å². The molecule has 4 heteroatoms. The molecule has 2 rings (SSSR count). The lowest BCUT2D eigenvalue weighted by atomic mass is 10.1. The maximum Gasteiger partial charge on any atom is 0.335 e. The Balaban J connectivity index is 2.12. The highest BCUT2D eigenvalue weighted by molar-refractivity contribution is 7.98. The van der Waals surface area contributed by atoms with Gasteiger partial charge in [0.1, 0.15) is 0 Å². The van der Waals surface area contributed by atoms with Crippen molar-refractivity contribution < 1.29 is 15.0 Å². The molecule has 0 spiro atoms. The highest BCUT2D eigenvalue weighted by Gasteiger charge is 2.09. The lowest BCUT2D eigenvalue weighted by Crippen LogP contribution is -2.00. The third kappa shape index (κ3) is 3.59. The number of hydrogen-bond acceptors (Lipinski definition) is 3. The predicted molar refractivity (Wildman–Crippen MR) is 75.3 cm³/mol. The molecule has 0 aromatic heterocycles. The topological polar surface area (TPSA) is 57.5 Å². The Labute approximate surface area is 115 Å². The standard InChI is InChI=1S/C15H14O3S/c16-9-11-4-3-6-13(8-11)19-10-12-5-1-2-7-14(12)15(17)18/h1-8,16H,9-10H2,(H,17,18). The van der Waals surface area contributed by atoms with Crippen LogP contribution in [0.15, 0.2) is 53.4 Å². The third-order valence-electron chi connectivity index (χ3n) is 2.72. The molecule has 0 heterocycles. The lowest BCUT2D eigenvalue weighted by molar-refractivity contribution is 0.0696. The van der Waals surface area contributed by atoms with Crippen LogP contribution in [0, 0.1) is 0 Å². The zero-order chi connectivity index (χ0) is 13.7. The molecular formula is C15H14O3S. The number of carboxylic acid groups (broad SMARTS) is 1. The summed E-state index contributed by atoms with van der Waals surface area (Å²) in [6.45, 7) is 0.0140. The number of aliphatic hydroxyl groups excluding tert-OH is 1. The number of rotatable bonds is 5. The molecule has 0 fully saturated rings. The van der Waals surface area contributed by atoms with Crippen LogP contribution in [0.4, 0.5) is 0 Å². The van der Waals surface area contributed by atoms with Gasteiger partial charge in [0.2, 0.25) is 0 Å². The largest absolute Gasteiger partial charge is 0.478 e. The van der Waals surface area contributed by atoms with Crippen molar-refractivity contribution in [3.05, 3.63) is 65.2 Å². The fourth-order valence-corrected chi connectivity index (χ4v) is 2.73. The first kappa shape index (κ1) is 13.6. The minimum atomic E-state index is -0.902. The van der Waals surface area contributed by atoms with E-state index in [1.807, 2.05) is 36.4 Å². The van der Waals surface area contributed by atoms with Gasteiger partial charge in [-0.1, -0.05) is 30.3 Å². The molecule has 0 saturated carbocycles. The summed E-state index contributed by atoms with van der Waals surface area (Å²) in [4.78, 5) is 12.1. The van der Waals surface area contributed by atoms with Crippen LogP contribution in [0.25, 0.3) is 0 Å². The average Bonchev–Trinajstić information content (AvgIpc) is 2.45. The van der Waals surface area contributed by atoms with E-state index in [1.165, 1.54) is 0 Å². The lowest BCUT2D eigenvalue weighted by Gasteiger charge is -2.06. The van der Waals surface area contributed by atoms with E-state index in [9.17, 15) is 4.79 Å². The molecule has 0 unspecified atom stereocenters. The van der Waals surface area contributed by atoms with Gasteiger partial charge in [-0.25, -0.2) is 4.79 Å². The van der Waals surface area contributed by atoms with Gasteiger partial charge in [0.15, 0.2) is 0 Å². The minimum Gasteiger partial charge on any atom is -0.478 e. The molecule has 0 aliphatic heterocycles. The summed E-state index contributed by atoms with van der Waals surface area (Å²) in [6.07, 6.45) is 0. The van der Waals surface area contributed by atoms with E-state index in [0.29, 0.717) is 11.3 Å². The Kier molecular flexibility index (Phi) is 4.60. The summed E-state index contributed by atoms with van der Waals surface area (Å²) in [7, 11) is 0. The number of hydrogen-bond donors (Lipinski definition) is 2. The molecule has 0 aliphatic carbocycles. The number of aromatic carboxylic acids is 1. The SMILES string of the molecule is O=C(O)c1ccccc1CSc1cccc(CO)c1. The van der Waals surface area contributed by atoms with E-state index in [-0.39, 0.29) is 6.61 Å². The normalized spacial score (nSPS) is 10.4. The number of benzene rings is 2. The maximum absolute atomic E-state index is 11.1. The number of carboxylic acids is 1. The van der Waals surface area contributed by atoms with Crippen LogP contribution in [0.5, 0.6) is 0 Å². The van der Waals surface area contributed by atoms with E-state index >= 15 is 0 Å². The van der Waals surface area contributed by atoms with Crippen molar-refractivity contribution >= 4 is 17.7 Å². The minimum absolute atomic E-state index is 0.0140. The van der Waals surface area contributed by atoms with E-state index < -0.39 is 5.97 Å². The summed E-state index contributed by atoms with van der Waals surface area (Å²) in [5.41, 5.74) is 2.00. The number of thioether (sulfide) groups is 1. The molecule has 0 saturated heterocycles. The first-order valence-electron chi connectivity index (χ1n) is 5.84. The molecule has 0 aliphatic rings. The van der Waals surface area contributed by atoms with E-state index in [2.05, 4.69) is 0 Å². The van der Waals surface area contributed by atoms with Crippen LogP contribution in [0.1, 0.15) is 21.5 Å². The van der Waals surface area contributed by atoms with Gasteiger partial charge in [0, 0.05) is 10.6 Å². The first-order valence-corrected chi connectivity index (χ1v) is 6.83. The fraction of sp³-hybridized carbons (Fsp3) is 0.133. The van der Waals surface area contributed by atoms with Crippen LogP contribution >= 0.6 is 11.8 Å². The van der Waals surface area contributed by atoms with Crippen LogP contribution < -0.4 is 0 Å². The van der Waals surface area contributed by atoms with Gasteiger partial charge in [0.05, 0.1) is 12.2 Å². The molecular weight excluding hydrogens is 260 g/mol. The zero-order valence-electron chi connectivity index (χ0n) is 10.2. The van der Waals surface area contributed by atoms with Gasteiger partial charge < -0.3 is 10.2 Å². The highest BCUT2D eigenvalue weighted by Crippen LogP contribution is 2.25. The van der Waals surface area contributed by atoms with Gasteiger partial charge in [0.25, 0.3) is 0 Å².